The van der Waals surface area contributed by atoms with Crippen LogP contribution in [0.3, 0.4) is 0 Å². The number of benzene rings is 1. The van der Waals surface area contributed by atoms with Crippen molar-refractivity contribution in [2.24, 2.45) is 0 Å². The van der Waals surface area contributed by atoms with Crippen LogP contribution >= 0.6 is 11.8 Å². The highest BCUT2D eigenvalue weighted by molar-refractivity contribution is 8.14. The van der Waals surface area contributed by atoms with E-state index in [2.05, 4.69) is 0 Å². The van der Waals surface area contributed by atoms with E-state index in [1.54, 1.807) is 18.2 Å². The lowest BCUT2D eigenvalue weighted by Gasteiger charge is -2.24. The largest absolute Gasteiger partial charge is 0.340 e. The number of thioether (sulfide) groups is 1. The maximum absolute atomic E-state index is 13.4. The second-order valence-corrected chi connectivity index (χ2v) is 5.70. The van der Waals surface area contributed by atoms with Crippen molar-refractivity contribution < 1.29 is 35.5 Å². The fraction of sp³-hybridized carbons (Fsp3) is 0.500. The molecule has 0 heterocycles. The Labute approximate surface area is 132 Å². The molecule has 0 saturated carbocycles. The van der Waals surface area contributed by atoms with E-state index in [4.69, 9.17) is 0 Å². The van der Waals surface area contributed by atoms with E-state index in [1.807, 2.05) is 0 Å². The second-order valence-electron chi connectivity index (χ2n) is 4.63. The third kappa shape index (κ3) is 5.40. The van der Waals surface area contributed by atoms with Gasteiger partial charge in [-0.2, -0.15) is 8.78 Å². The van der Waals surface area contributed by atoms with E-state index in [9.17, 15) is 35.5 Å². The minimum Gasteiger partial charge on any atom is -0.282 e. The van der Waals surface area contributed by atoms with Crippen molar-refractivity contribution >= 4 is 16.9 Å². The summed E-state index contributed by atoms with van der Waals surface area (Å²) in [5.41, 5.74) is 0.303. The van der Waals surface area contributed by atoms with Gasteiger partial charge in [-0.1, -0.05) is 42.1 Å². The molecule has 0 aliphatic heterocycles. The fourth-order valence-corrected chi connectivity index (χ4v) is 2.43. The molecule has 0 fully saturated rings. The normalized spacial score (nSPS) is 16.2. The summed E-state index contributed by atoms with van der Waals surface area (Å²) in [7, 11) is 0. The van der Waals surface area contributed by atoms with Crippen LogP contribution in [0, 0.1) is 0 Å². The highest BCUT2D eigenvalue weighted by Crippen LogP contribution is 2.34. The molecule has 0 aromatic heterocycles. The summed E-state index contributed by atoms with van der Waals surface area (Å²) < 4.78 is 88.7. The molecule has 1 aromatic rings. The molecule has 1 aromatic carbocycles. The van der Waals surface area contributed by atoms with Gasteiger partial charge in [0.05, 0.1) is 0 Å². The van der Waals surface area contributed by atoms with Gasteiger partial charge in [-0.3, -0.25) is 4.79 Å². The van der Waals surface area contributed by atoms with E-state index < -0.39 is 42.4 Å². The summed E-state index contributed by atoms with van der Waals surface area (Å²) in [6.07, 6.45) is -15.3. The molecule has 0 bridgehead atoms. The first-order chi connectivity index (χ1) is 10.7. The Morgan fingerprint density at radius 2 is 1.61 bits per heavy atom. The van der Waals surface area contributed by atoms with Crippen LogP contribution in [-0.4, -0.2) is 41.7 Å². The van der Waals surface area contributed by atoms with Crippen LogP contribution in [0.25, 0.3) is 0 Å². The molecule has 23 heavy (non-hydrogen) atoms. The van der Waals surface area contributed by atoms with Crippen molar-refractivity contribution in [2.45, 2.75) is 37.3 Å². The van der Waals surface area contributed by atoms with Crippen LogP contribution in [0.4, 0.5) is 30.7 Å². The molecule has 1 rings (SSSR count). The summed E-state index contributed by atoms with van der Waals surface area (Å²) in [4.78, 5) is 11.6. The number of alkyl halides is 7. The lowest BCUT2D eigenvalue weighted by atomic mass is 10.0. The maximum atomic E-state index is 13.4. The van der Waals surface area contributed by atoms with E-state index in [0.717, 1.165) is 0 Å². The Morgan fingerprint density at radius 3 is 2.13 bits per heavy atom. The minimum atomic E-state index is -5.27. The zero-order chi connectivity index (χ0) is 17.6. The summed E-state index contributed by atoms with van der Waals surface area (Å²) >= 11 is 0.597. The monoisotopic (exact) mass is 362 g/mol. The number of halogens is 7. The predicted molar refractivity (Wildman–Crippen MR) is 73.5 cm³/mol. The molecule has 0 aliphatic rings. The Balaban J connectivity index is 2.47. The number of hydrogen-bond acceptors (Lipinski definition) is 2. The molecule has 0 saturated heterocycles. The van der Waals surface area contributed by atoms with E-state index in [-0.39, 0.29) is 5.75 Å². The van der Waals surface area contributed by atoms with Crippen LogP contribution in [-0.2, 0) is 0 Å². The van der Waals surface area contributed by atoms with Crippen LogP contribution in [0.5, 0.6) is 0 Å². The minimum absolute atomic E-state index is 0.303. The Morgan fingerprint density at radius 1 is 1.04 bits per heavy atom. The van der Waals surface area contributed by atoms with E-state index in [1.165, 1.54) is 12.1 Å². The highest BCUT2D eigenvalue weighted by atomic mass is 32.2. The van der Waals surface area contributed by atoms with Gasteiger partial charge in [0.1, 0.15) is 6.17 Å². The molecule has 9 heteroatoms. The van der Waals surface area contributed by atoms with Crippen molar-refractivity contribution in [1.29, 1.82) is 0 Å². The molecule has 3 atom stereocenters. The number of carbonyl (C=O) groups is 1. The van der Waals surface area contributed by atoms with Crippen LogP contribution in [0.15, 0.2) is 30.3 Å². The lowest BCUT2D eigenvalue weighted by molar-refractivity contribution is -0.190. The average molecular weight is 362 g/mol. The molecular formula is C14H13F7OS. The number of carbonyl (C=O) groups excluding carboxylic acids is 1. The summed E-state index contributed by atoms with van der Waals surface area (Å²) in [5.74, 6) is -5.57. The maximum Gasteiger partial charge on any atom is 0.340 e. The smallest absolute Gasteiger partial charge is 0.282 e. The molecule has 3 unspecified atom stereocenters. The van der Waals surface area contributed by atoms with Crippen molar-refractivity contribution in [3.05, 3.63) is 35.9 Å². The molecule has 130 valence electrons. The number of hydrogen-bond donors (Lipinski definition) is 0. The van der Waals surface area contributed by atoms with Gasteiger partial charge in [0.15, 0.2) is 6.17 Å². The van der Waals surface area contributed by atoms with Gasteiger partial charge in [0, 0.05) is 11.3 Å². The average Bonchev–Trinajstić information content (AvgIpc) is 2.53. The summed E-state index contributed by atoms with van der Waals surface area (Å²) in [6, 6.07) is 7.81. The van der Waals surface area contributed by atoms with Gasteiger partial charge in [0.25, 0.3) is 0 Å². The van der Waals surface area contributed by atoms with Crippen molar-refractivity contribution in [3.63, 3.8) is 0 Å². The first kappa shape index (κ1) is 19.8. The molecular weight excluding hydrogens is 349 g/mol. The van der Waals surface area contributed by atoms with Gasteiger partial charge in [0.2, 0.25) is 11.3 Å². The SMILES string of the molecule is O=C(SCCC(F)C(F)C(F)C(F)(F)C(F)F)c1ccccc1. The quantitative estimate of drug-likeness (QED) is 0.614. The van der Waals surface area contributed by atoms with Gasteiger partial charge in [-0.15, -0.1) is 0 Å². The Hall–Kier alpha value is -1.25. The van der Waals surface area contributed by atoms with E-state index in [0.29, 0.717) is 17.3 Å². The topological polar surface area (TPSA) is 17.1 Å². The third-order valence-electron chi connectivity index (χ3n) is 2.92. The van der Waals surface area contributed by atoms with Crippen LogP contribution in [0.1, 0.15) is 16.8 Å². The highest BCUT2D eigenvalue weighted by Gasteiger charge is 2.55. The van der Waals surface area contributed by atoms with Gasteiger partial charge in [-0.25, -0.2) is 22.0 Å². The zero-order valence-corrected chi connectivity index (χ0v) is 12.4. The summed E-state index contributed by atoms with van der Waals surface area (Å²) in [5, 5.41) is -0.456. The van der Waals surface area contributed by atoms with Gasteiger partial charge < -0.3 is 0 Å². The van der Waals surface area contributed by atoms with Crippen molar-refractivity contribution in [2.75, 3.05) is 5.75 Å². The van der Waals surface area contributed by atoms with E-state index >= 15 is 0 Å². The first-order valence-corrected chi connectivity index (χ1v) is 7.46. The van der Waals surface area contributed by atoms with Crippen LogP contribution in [0.2, 0.25) is 0 Å². The first-order valence-electron chi connectivity index (χ1n) is 6.48. The van der Waals surface area contributed by atoms with Gasteiger partial charge >= 0.3 is 12.3 Å². The third-order valence-corrected chi connectivity index (χ3v) is 3.86. The van der Waals surface area contributed by atoms with Crippen molar-refractivity contribution in [1.82, 2.24) is 0 Å². The number of rotatable bonds is 8. The van der Waals surface area contributed by atoms with Crippen molar-refractivity contribution in [3.8, 4) is 0 Å². The predicted octanol–water partition coefficient (Wildman–Crippen LogP) is 4.86. The zero-order valence-electron chi connectivity index (χ0n) is 11.6. The molecule has 0 N–H and O–H groups in total. The lowest BCUT2D eigenvalue weighted by Crippen LogP contribution is -2.46. The molecule has 0 amide bonds. The fourth-order valence-electron chi connectivity index (χ4n) is 1.60. The molecule has 0 radical (unpaired) electrons. The Bertz CT molecular complexity index is 497. The molecule has 1 nitrogen and oxygen atoms in total. The second kappa shape index (κ2) is 8.56. The standard InChI is InChI=1S/C14H13F7OS/c15-9(10(16)11(17)14(20,21)13(18)19)6-7-23-12(22)8-4-2-1-3-5-8/h1-5,9-11,13H,6-7H2. The van der Waals surface area contributed by atoms with Gasteiger partial charge in [-0.05, 0) is 6.42 Å². The summed E-state index contributed by atoms with van der Waals surface area (Å²) in [6.45, 7) is 0. The molecule has 0 aliphatic carbocycles. The molecule has 0 spiro atoms. The Kier molecular flexibility index (Phi) is 7.37. The van der Waals surface area contributed by atoms with Crippen LogP contribution < -0.4 is 0 Å².